The summed E-state index contributed by atoms with van der Waals surface area (Å²) in [5, 5.41) is 0. The van der Waals surface area contributed by atoms with Crippen molar-refractivity contribution in [1.82, 2.24) is 9.88 Å². The van der Waals surface area contributed by atoms with Gasteiger partial charge in [0, 0.05) is 13.1 Å². The van der Waals surface area contributed by atoms with Crippen molar-refractivity contribution in [3.8, 4) is 0 Å². The third kappa shape index (κ3) is 3.28. The van der Waals surface area contributed by atoms with E-state index in [1.54, 1.807) is 6.92 Å². The van der Waals surface area contributed by atoms with Gasteiger partial charge in [0.1, 0.15) is 6.26 Å². The first kappa shape index (κ1) is 12.1. The summed E-state index contributed by atoms with van der Waals surface area (Å²) in [5.41, 5.74) is 0.232. The molecule has 0 aromatic carbocycles. The van der Waals surface area contributed by atoms with Gasteiger partial charge in [-0.15, -0.1) is 0 Å². The minimum atomic E-state index is -0.440. The first-order valence-electron chi connectivity index (χ1n) is 5.71. The van der Waals surface area contributed by atoms with Crippen LogP contribution in [0.3, 0.4) is 0 Å². The van der Waals surface area contributed by atoms with Crippen LogP contribution < -0.4 is 0 Å². The lowest BCUT2D eigenvalue weighted by Crippen LogP contribution is -2.35. The Kier molecular flexibility index (Phi) is 4.11. The third-order valence-electron chi connectivity index (χ3n) is 2.50. The minimum absolute atomic E-state index is 0.232. The zero-order valence-electron chi connectivity index (χ0n) is 9.85. The molecule has 0 amide bonds. The molecule has 6 heteroatoms. The van der Waals surface area contributed by atoms with E-state index in [2.05, 4.69) is 9.88 Å². The Morgan fingerprint density at radius 1 is 1.53 bits per heavy atom. The first-order valence-corrected chi connectivity index (χ1v) is 5.71. The van der Waals surface area contributed by atoms with Crippen molar-refractivity contribution in [2.45, 2.75) is 13.5 Å². The van der Waals surface area contributed by atoms with Gasteiger partial charge in [0.15, 0.2) is 5.69 Å². The monoisotopic (exact) mass is 240 g/mol. The van der Waals surface area contributed by atoms with Gasteiger partial charge in [0.05, 0.1) is 26.4 Å². The van der Waals surface area contributed by atoms with Gasteiger partial charge in [-0.1, -0.05) is 0 Å². The van der Waals surface area contributed by atoms with Crippen molar-refractivity contribution in [3.05, 3.63) is 17.8 Å². The van der Waals surface area contributed by atoms with Crippen molar-refractivity contribution in [2.75, 3.05) is 32.9 Å². The van der Waals surface area contributed by atoms with Crippen molar-refractivity contribution >= 4 is 5.97 Å². The van der Waals surface area contributed by atoms with E-state index in [1.165, 1.54) is 6.26 Å². The number of carbonyl (C=O) groups excluding carboxylic acids is 1. The van der Waals surface area contributed by atoms with E-state index in [4.69, 9.17) is 13.9 Å². The Balaban J connectivity index is 1.91. The Labute approximate surface area is 99.5 Å². The molecule has 94 valence electrons. The average Bonchev–Trinajstić information content (AvgIpc) is 2.79. The average molecular weight is 240 g/mol. The summed E-state index contributed by atoms with van der Waals surface area (Å²) >= 11 is 0. The van der Waals surface area contributed by atoms with Gasteiger partial charge < -0.3 is 13.9 Å². The molecule has 2 heterocycles. The van der Waals surface area contributed by atoms with Crippen molar-refractivity contribution < 1.29 is 18.7 Å². The fourth-order valence-electron chi connectivity index (χ4n) is 1.63. The Morgan fingerprint density at radius 2 is 2.29 bits per heavy atom. The Morgan fingerprint density at radius 3 is 3.00 bits per heavy atom. The highest BCUT2D eigenvalue weighted by atomic mass is 16.5. The van der Waals surface area contributed by atoms with E-state index in [0.717, 1.165) is 26.3 Å². The number of hydrogen-bond donors (Lipinski definition) is 0. The molecule has 0 atom stereocenters. The molecular formula is C11H16N2O4. The molecule has 1 aromatic rings. The molecule has 1 aliphatic rings. The minimum Gasteiger partial charge on any atom is -0.461 e. The molecule has 17 heavy (non-hydrogen) atoms. The summed E-state index contributed by atoms with van der Waals surface area (Å²) in [6.45, 7) is 5.87. The van der Waals surface area contributed by atoms with Crippen molar-refractivity contribution in [3.63, 3.8) is 0 Å². The normalized spacial score (nSPS) is 17.0. The van der Waals surface area contributed by atoms with Crippen molar-refractivity contribution in [1.29, 1.82) is 0 Å². The maximum absolute atomic E-state index is 11.4. The molecule has 1 aliphatic heterocycles. The molecule has 0 spiro atoms. The second kappa shape index (κ2) is 5.79. The van der Waals surface area contributed by atoms with E-state index in [0.29, 0.717) is 19.0 Å². The molecule has 0 aliphatic carbocycles. The zero-order chi connectivity index (χ0) is 12.1. The SMILES string of the molecule is CCOC(=O)c1coc(CN2CCOCC2)n1. The number of hydrogen-bond acceptors (Lipinski definition) is 6. The molecular weight excluding hydrogens is 224 g/mol. The van der Waals surface area contributed by atoms with Gasteiger partial charge in [0.2, 0.25) is 5.89 Å². The molecule has 0 unspecified atom stereocenters. The van der Waals surface area contributed by atoms with Crippen LogP contribution in [0.15, 0.2) is 10.7 Å². The predicted octanol–water partition coefficient (Wildman–Crippen LogP) is 0.683. The molecule has 0 bridgehead atoms. The molecule has 1 saturated heterocycles. The van der Waals surface area contributed by atoms with Gasteiger partial charge in [0.25, 0.3) is 0 Å². The topological polar surface area (TPSA) is 64.8 Å². The zero-order valence-corrected chi connectivity index (χ0v) is 9.85. The lowest BCUT2D eigenvalue weighted by atomic mass is 10.4. The van der Waals surface area contributed by atoms with E-state index in [-0.39, 0.29) is 5.69 Å². The van der Waals surface area contributed by atoms with Crippen LogP contribution in [0.1, 0.15) is 23.3 Å². The van der Waals surface area contributed by atoms with E-state index in [9.17, 15) is 4.79 Å². The summed E-state index contributed by atoms with van der Waals surface area (Å²) in [6, 6.07) is 0. The van der Waals surface area contributed by atoms with Crippen LogP contribution in [-0.4, -0.2) is 48.8 Å². The fourth-order valence-corrected chi connectivity index (χ4v) is 1.63. The highest BCUT2D eigenvalue weighted by molar-refractivity contribution is 5.86. The molecule has 1 aromatic heterocycles. The Hall–Kier alpha value is -1.40. The lowest BCUT2D eigenvalue weighted by Gasteiger charge is -2.24. The highest BCUT2D eigenvalue weighted by Crippen LogP contribution is 2.08. The smallest absolute Gasteiger partial charge is 0.360 e. The third-order valence-corrected chi connectivity index (χ3v) is 2.50. The largest absolute Gasteiger partial charge is 0.461 e. The second-order valence-corrected chi connectivity index (χ2v) is 3.74. The molecule has 1 fully saturated rings. The van der Waals surface area contributed by atoms with Gasteiger partial charge in [-0.3, -0.25) is 4.90 Å². The standard InChI is InChI=1S/C11H16N2O4/c1-2-16-11(14)9-8-17-10(12-9)7-13-3-5-15-6-4-13/h8H,2-7H2,1H3. The first-order chi connectivity index (χ1) is 8.29. The van der Waals surface area contributed by atoms with Crippen LogP contribution in [0.5, 0.6) is 0 Å². The molecule has 6 nitrogen and oxygen atoms in total. The maximum atomic E-state index is 11.4. The Bertz CT molecular complexity index is 371. The molecule has 2 rings (SSSR count). The number of rotatable bonds is 4. The summed E-state index contributed by atoms with van der Waals surface area (Å²) in [6.07, 6.45) is 1.34. The van der Waals surface area contributed by atoms with Crippen molar-refractivity contribution in [2.24, 2.45) is 0 Å². The molecule has 0 saturated carbocycles. The van der Waals surface area contributed by atoms with Crippen LogP contribution in [0.4, 0.5) is 0 Å². The number of nitrogens with zero attached hydrogens (tertiary/aromatic N) is 2. The van der Waals surface area contributed by atoms with Crippen LogP contribution in [0, 0.1) is 0 Å². The highest BCUT2D eigenvalue weighted by Gasteiger charge is 2.16. The summed E-state index contributed by atoms with van der Waals surface area (Å²) in [7, 11) is 0. The van der Waals surface area contributed by atoms with Crippen LogP contribution in [0.2, 0.25) is 0 Å². The molecule has 0 radical (unpaired) electrons. The summed E-state index contributed by atoms with van der Waals surface area (Å²) in [5.74, 6) is 0.0967. The fraction of sp³-hybridized carbons (Fsp3) is 0.636. The quantitative estimate of drug-likeness (QED) is 0.721. The van der Waals surface area contributed by atoms with E-state index >= 15 is 0 Å². The van der Waals surface area contributed by atoms with Gasteiger partial charge in [-0.05, 0) is 6.92 Å². The number of aromatic nitrogens is 1. The number of ether oxygens (including phenoxy) is 2. The predicted molar refractivity (Wildman–Crippen MR) is 58.6 cm³/mol. The number of esters is 1. The van der Waals surface area contributed by atoms with E-state index < -0.39 is 5.97 Å². The van der Waals surface area contributed by atoms with E-state index in [1.807, 2.05) is 0 Å². The number of oxazole rings is 1. The number of carbonyl (C=O) groups is 1. The summed E-state index contributed by atoms with van der Waals surface area (Å²) in [4.78, 5) is 17.6. The van der Waals surface area contributed by atoms with Crippen LogP contribution in [0.25, 0.3) is 0 Å². The van der Waals surface area contributed by atoms with Gasteiger partial charge in [-0.25, -0.2) is 9.78 Å². The lowest BCUT2D eigenvalue weighted by molar-refractivity contribution is 0.0305. The summed E-state index contributed by atoms with van der Waals surface area (Å²) < 4.78 is 15.3. The number of morpholine rings is 1. The van der Waals surface area contributed by atoms with Gasteiger partial charge in [-0.2, -0.15) is 0 Å². The maximum Gasteiger partial charge on any atom is 0.360 e. The van der Waals surface area contributed by atoms with Crippen LogP contribution in [-0.2, 0) is 16.0 Å². The van der Waals surface area contributed by atoms with Gasteiger partial charge >= 0.3 is 5.97 Å². The van der Waals surface area contributed by atoms with Crippen LogP contribution >= 0.6 is 0 Å². The molecule has 0 N–H and O–H groups in total. The second-order valence-electron chi connectivity index (χ2n) is 3.74.